The van der Waals surface area contributed by atoms with Gasteiger partial charge in [-0.2, -0.15) is 0 Å². The molecule has 0 aliphatic rings. The molecule has 0 bridgehead atoms. The van der Waals surface area contributed by atoms with Gasteiger partial charge in [0.15, 0.2) is 0 Å². The van der Waals surface area contributed by atoms with Gasteiger partial charge in [0.25, 0.3) is 5.91 Å². The van der Waals surface area contributed by atoms with Gasteiger partial charge >= 0.3 is 0 Å². The normalized spacial score (nSPS) is 14.3. The average Bonchev–Trinajstić information content (AvgIpc) is 2.29. The summed E-state index contributed by atoms with van der Waals surface area (Å²) in [6.45, 7) is 1.80. The van der Waals surface area contributed by atoms with Crippen molar-refractivity contribution in [1.82, 2.24) is 5.32 Å². The van der Waals surface area contributed by atoms with Gasteiger partial charge in [-0.15, -0.1) is 0 Å². The molecule has 15 heavy (non-hydrogen) atoms. The second-order valence-electron chi connectivity index (χ2n) is 3.39. The summed E-state index contributed by atoms with van der Waals surface area (Å²) in [5, 5.41) is 11.9. The molecule has 0 aromatic heterocycles. The highest BCUT2D eigenvalue weighted by molar-refractivity contribution is 5.81. The van der Waals surface area contributed by atoms with Gasteiger partial charge in [-0.05, 0) is 12.5 Å². The number of nitrogens with two attached hydrogens (primary N) is 1. The van der Waals surface area contributed by atoms with Crippen molar-refractivity contribution in [3.05, 3.63) is 35.9 Å². The highest BCUT2D eigenvalue weighted by Gasteiger charge is 2.15. The Bertz CT molecular complexity index is 314. The van der Waals surface area contributed by atoms with Gasteiger partial charge in [-0.3, -0.25) is 4.79 Å². The molecule has 82 valence electrons. The van der Waals surface area contributed by atoms with Crippen LogP contribution in [0.15, 0.2) is 30.3 Å². The Labute approximate surface area is 89.1 Å². The van der Waals surface area contributed by atoms with Crippen molar-refractivity contribution in [2.24, 2.45) is 5.73 Å². The van der Waals surface area contributed by atoms with E-state index in [1.54, 1.807) is 0 Å². The van der Waals surface area contributed by atoms with E-state index < -0.39 is 12.0 Å². The van der Waals surface area contributed by atoms with Crippen LogP contribution in [-0.2, 0) is 4.79 Å². The maximum atomic E-state index is 11.3. The molecule has 0 spiro atoms. The second kappa shape index (κ2) is 5.48. The van der Waals surface area contributed by atoms with E-state index in [0.717, 1.165) is 5.56 Å². The van der Waals surface area contributed by atoms with Crippen LogP contribution in [0.25, 0.3) is 0 Å². The quantitative estimate of drug-likeness (QED) is 0.661. The molecule has 0 radical (unpaired) electrons. The molecule has 4 heteroatoms. The fraction of sp³-hybridized carbons (Fsp3) is 0.364. The van der Waals surface area contributed by atoms with Crippen LogP contribution < -0.4 is 11.1 Å². The Balaban J connectivity index is 2.56. The smallest absolute Gasteiger partial charge is 0.250 e. The van der Waals surface area contributed by atoms with Crippen LogP contribution in [0, 0.1) is 0 Å². The molecule has 0 fully saturated rings. The summed E-state index contributed by atoms with van der Waals surface area (Å²) in [5.74, 6) is -0.436. The highest BCUT2D eigenvalue weighted by Crippen LogP contribution is 2.10. The molecule has 1 rings (SSSR count). The van der Waals surface area contributed by atoms with E-state index in [2.05, 4.69) is 5.32 Å². The van der Waals surface area contributed by atoms with Crippen molar-refractivity contribution in [3.63, 3.8) is 0 Å². The maximum absolute atomic E-state index is 11.3. The lowest BCUT2D eigenvalue weighted by atomic mass is 10.1. The Morgan fingerprint density at radius 3 is 2.60 bits per heavy atom. The molecule has 4 nitrogen and oxygen atoms in total. The minimum atomic E-state index is -1.13. The Hall–Kier alpha value is -1.39. The first-order valence-corrected chi connectivity index (χ1v) is 4.88. The van der Waals surface area contributed by atoms with Crippen LogP contribution in [0.5, 0.6) is 0 Å². The number of amides is 1. The van der Waals surface area contributed by atoms with Gasteiger partial charge in [-0.1, -0.05) is 30.3 Å². The third-order valence-electron chi connectivity index (χ3n) is 2.18. The summed E-state index contributed by atoms with van der Waals surface area (Å²) >= 11 is 0. The van der Waals surface area contributed by atoms with Gasteiger partial charge in [0.1, 0.15) is 6.10 Å². The van der Waals surface area contributed by atoms with E-state index in [0.29, 0.717) is 0 Å². The molecule has 2 atom stereocenters. The fourth-order valence-corrected chi connectivity index (χ4v) is 1.24. The molecule has 1 aromatic rings. The number of carbonyl (C=O) groups is 1. The monoisotopic (exact) mass is 208 g/mol. The first kappa shape index (κ1) is 11.7. The van der Waals surface area contributed by atoms with Crippen molar-refractivity contribution in [2.45, 2.75) is 19.1 Å². The molecule has 2 unspecified atom stereocenters. The Morgan fingerprint density at radius 2 is 2.07 bits per heavy atom. The zero-order valence-corrected chi connectivity index (χ0v) is 8.68. The predicted molar refractivity (Wildman–Crippen MR) is 58.1 cm³/mol. The number of carbonyl (C=O) groups excluding carboxylic acids is 1. The zero-order valence-electron chi connectivity index (χ0n) is 8.68. The standard InChI is InChI=1S/C11H16N2O2/c1-8(9-5-3-2-4-6-9)13-11(15)10(14)7-12/h2-6,8,10,14H,7,12H2,1H3,(H,13,15). The van der Waals surface area contributed by atoms with Crippen LogP contribution in [0.3, 0.4) is 0 Å². The summed E-state index contributed by atoms with van der Waals surface area (Å²) in [6.07, 6.45) is -1.13. The molecule has 0 saturated carbocycles. The summed E-state index contributed by atoms with van der Waals surface area (Å²) in [7, 11) is 0. The summed E-state index contributed by atoms with van der Waals surface area (Å²) in [4.78, 5) is 11.3. The topological polar surface area (TPSA) is 75.3 Å². The first-order valence-electron chi connectivity index (χ1n) is 4.88. The summed E-state index contributed by atoms with van der Waals surface area (Å²) in [6, 6.07) is 9.42. The minimum Gasteiger partial charge on any atom is -0.382 e. The SMILES string of the molecule is CC(NC(=O)C(O)CN)c1ccccc1. The summed E-state index contributed by atoms with van der Waals surface area (Å²) in [5.41, 5.74) is 6.17. The van der Waals surface area contributed by atoms with Gasteiger partial charge in [0.2, 0.25) is 0 Å². The average molecular weight is 208 g/mol. The van der Waals surface area contributed by atoms with Crippen LogP contribution in [0.2, 0.25) is 0 Å². The molecule has 0 aliphatic carbocycles. The predicted octanol–water partition coefficient (Wildman–Crippen LogP) is 0.183. The molecule has 0 saturated heterocycles. The van der Waals surface area contributed by atoms with Crippen molar-refractivity contribution < 1.29 is 9.90 Å². The number of benzene rings is 1. The van der Waals surface area contributed by atoms with Gasteiger partial charge in [-0.25, -0.2) is 0 Å². The zero-order chi connectivity index (χ0) is 11.3. The number of hydrogen-bond acceptors (Lipinski definition) is 3. The lowest BCUT2D eigenvalue weighted by Gasteiger charge is -2.16. The number of nitrogens with one attached hydrogen (secondary N) is 1. The lowest BCUT2D eigenvalue weighted by molar-refractivity contribution is -0.129. The number of aliphatic hydroxyl groups is 1. The van der Waals surface area contributed by atoms with Crippen molar-refractivity contribution in [2.75, 3.05) is 6.54 Å². The number of rotatable bonds is 4. The second-order valence-corrected chi connectivity index (χ2v) is 3.39. The van der Waals surface area contributed by atoms with E-state index in [-0.39, 0.29) is 12.6 Å². The Morgan fingerprint density at radius 1 is 1.47 bits per heavy atom. The van der Waals surface area contributed by atoms with Gasteiger partial charge < -0.3 is 16.2 Å². The van der Waals surface area contributed by atoms with E-state index in [1.807, 2.05) is 37.3 Å². The molecule has 0 heterocycles. The van der Waals surface area contributed by atoms with Crippen LogP contribution in [0.1, 0.15) is 18.5 Å². The van der Waals surface area contributed by atoms with Gasteiger partial charge in [0, 0.05) is 6.54 Å². The first-order chi connectivity index (χ1) is 7.15. The minimum absolute atomic E-state index is 0.0622. The maximum Gasteiger partial charge on any atom is 0.250 e. The van der Waals surface area contributed by atoms with E-state index in [4.69, 9.17) is 5.73 Å². The van der Waals surface area contributed by atoms with E-state index in [1.165, 1.54) is 0 Å². The third kappa shape index (κ3) is 3.34. The van der Waals surface area contributed by atoms with Crippen molar-refractivity contribution in [3.8, 4) is 0 Å². The van der Waals surface area contributed by atoms with Gasteiger partial charge in [0.05, 0.1) is 6.04 Å². The number of hydrogen-bond donors (Lipinski definition) is 3. The summed E-state index contributed by atoms with van der Waals surface area (Å²) < 4.78 is 0. The largest absolute Gasteiger partial charge is 0.382 e. The van der Waals surface area contributed by atoms with Crippen molar-refractivity contribution >= 4 is 5.91 Å². The molecular weight excluding hydrogens is 192 g/mol. The molecule has 0 aliphatic heterocycles. The van der Waals surface area contributed by atoms with Crippen LogP contribution in [-0.4, -0.2) is 23.7 Å². The van der Waals surface area contributed by atoms with Crippen LogP contribution >= 0.6 is 0 Å². The molecule has 1 aromatic carbocycles. The van der Waals surface area contributed by atoms with Crippen molar-refractivity contribution in [1.29, 1.82) is 0 Å². The highest BCUT2D eigenvalue weighted by atomic mass is 16.3. The van der Waals surface area contributed by atoms with E-state index in [9.17, 15) is 9.90 Å². The Kier molecular flexibility index (Phi) is 4.27. The van der Waals surface area contributed by atoms with Crippen LogP contribution in [0.4, 0.5) is 0 Å². The number of aliphatic hydroxyl groups excluding tert-OH is 1. The fourth-order valence-electron chi connectivity index (χ4n) is 1.24. The molecule has 4 N–H and O–H groups in total. The third-order valence-corrected chi connectivity index (χ3v) is 2.18. The lowest BCUT2D eigenvalue weighted by Crippen LogP contribution is -2.40. The molecular formula is C11H16N2O2. The molecule has 1 amide bonds. The van der Waals surface area contributed by atoms with E-state index >= 15 is 0 Å².